The van der Waals surface area contributed by atoms with E-state index in [1.165, 1.54) is 96.5 Å². The second kappa shape index (κ2) is 13.6. The monoisotopic (exact) mass is 828 g/mol. The molecule has 0 radical (unpaired) electrons. The van der Waals surface area contributed by atoms with Gasteiger partial charge in [0.05, 0.1) is 16.1 Å². The number of aryl methyl sites for hydroxylation is 3. The van der Waals surface area contributed by atoms with Crippen LogP contribution in [0.5, 0.6) is 11.5 Å². The Balaban J connectivity index is 1.20. The zero-order valence-electron chi connectivity index (χ0n) is 36.4. The molecule has 0 atom stereocenters. The van der Waals surface area contributed by atoms with Crippen molar-refractivity contribution in [3.05, 3.63) is 161 Å². The smallest absolute Gasteiger partial charge is 0.268 e. The van der Waals surface area contributed by atoms with Crippen LogP contribution in [0.25, 0.3) is 30.3 Å². The lowest BCUT2D eigenvalue weighted by Crippen LogP contribution is -2.58. The first-order chi connectivity index (χ1) is 29.2. The van der Waals surface area contributed by atoms with E-state index in [0.717, 1.165) is 22.9 Å². The van der Waals surface area contributed by atoms with Crippen LogP contribution in [-0.4, -0.2) is 6.71 Å². The van der Waals surface area contributed by atoms with E-state index in [4.69, 9.17) is 4.74 Å². The van der Waals surface area contributed by atoms with Crippen molar-refractivity contribution >= 4 is 109 Å². The van der Waals surface area contributed by atoms with Gasteiger partial charge in [0.2, 0.25) is 0 Å². The minimum Gasteiger partial charge on any atom is -0.457 e. The summed E-state index contributed by atoms with van der Waals surface area (Å²) < 4.78 is 12.3. The number of benzene rings is 7. The van der Waals surface area contributed by atoms with Gasteiger partial charge in [-0.15, -0.1) is 22.7 Å². The minimum atomic E-state index is -0.0279. The lowest BCUT2D eigenvalue weighted by molar-refractivity contribution is 0.494. The number of ether oxygens (including phenoxy) is 1. The van der Waals surface area contributed by atoms with Gasteiger partial charge in [-0.05, 0) is 132 Å². The van der Waals surface area contributed by atoms with E-state index >= 15 is 0 Å². The van der Waals surface area contributed by atoms with Gasteiger partial charge >= 0.3 is 0 Å². The molecule has 300 valence electrons. The highest BCUT2D eigenvalue weighted by Crippen LogP contribution is 2.52. The molecule has 61 heavy (non-hydrogen) atoms. The van der Waals surface area contributed by atoms with Gasteiger partial charge in [0.1, 0.15) is 11.5 Å². The Bertz CT molecular complexity index is 3190. The lowest BCUT2D eigenvalue weighted by atomic mass is 9.36. The molecule has 0 aliphatic carbocycles. The predicted octanol–water partition coefficient (Wildman–Crippen LogP) is 14.7. The molecule has 9 aromatic rings. The number of fused-ring (bicyclic) bond motifs is 9. The maximum Gasteiger partial charge on any atom is 0.268 e. The second-order valence-corrected chi connectivity index (χ2v) is 21.4. The summed E-state index contributed by atoms with van der Waals surface area (Å²) in [5.74, 6) is 1.97. The zero-order valence-corrected chi connectivity index (χ0v) is 38.0. The van der Waals surface area contributed by atoms with E-state index in [-0.39, 0.29) is 17.5 Å². The largest absolute Gasteiger partial charge is 0.457 e. The van der Waals surface area contributed by atoms with Crippen molar-refractivity contribution in [2.75, 3.05) is 9.80 Å². The van der Waals surface area contributed by atoms with Gasteiger partial charge in [0.15, 0.2) is 0 Å². The molecule has 6 heteroatoms. The molecule has 0 saturated carbocycles. The lowest BCUT2D eigenvalue weighted by Gasteiger charge is -2.40. The van der Waals surface area contributed by atoms with Crippen molar-refractivity contribution in [2.45, 2.75) is 73.1 Å². The van der Waals surface area contributed by atoms with Crippen LogP contribution in [0, 0.1) is 20.8 Å². The van der Waals surface area contributed by atoms with Gasteiger partial charge in [0, 0.05) is 53.1 Å². The first-order valence-electron chi connectivity index (χ1n) is 21.4. The van der Waals surface area contributed by atoms with Crippen LogP contribution in [0.4, 0.5) is 34.1 Å². The molecule has 7 aromatic carbocycles. The molecule has 0 N–H and O–H groups in total. The molecule has 2 aliphatic heterocycles. The number of nitrogens with zero attached hydrogens (tertiary/aromatic N) is 2. The van der Waals surface area contributed by atoms with E-state index < -0.39 is 0 Å². The van der Waals surface area contributed by atoms with Crippen LogP contribution in [0.15, 0.2) is 133 Å². The fourth-order valence-electron chi connectivity index (χ4n) is 9.52. The topological polar surface area (TPSA) is 15.7 Å². The summed E-state index contributed by atoms with van der Waals surface area (Å²) >= 11 is 3.78. The summed E-state index contributed by atoms with van der Waals surface area (Å²) in [7, 11) is 0. The van der Waals surface area contributed by atoms with Crippen molar-refractivity contribution in [3.63, 3.8) is 0 Å². The Labute approximate surface area is 368 Å². The van der Waals surface area contributed by atoms with Crippen molar-refractivity contribution in [1.29, 1.82) is 0 Å². The van der Waals surface area contributed by atoms with Crippen LogP contribution < -0.4 is 30.2 Å². The van der Waals surface area contributed by atoms with Crippen LogP contribution in [0.1, 0.15) is 69.4 Å². The quantitative estimate of drug-likeness (QED) is 0.164. The SMILES string of the molecule is Cc1ccc(N(c2ccc(C)cc2)c2ccc(N3c4ccc(C(C)(C)C)cc4B4c5sc6ccc(C(C)(C)C)cc6c5Oc5cc(C)cc3c54)c3c2sc2ccccc23)cc1. The molecule has 11 rings (SSSR count). The number of thiophene rings is 2. The van der Waals surface area contributed by atoms with Gasteiger partial charge in [-0.2, -0.15) is 0 Å². The van der Waals surface area contributed by atoms with E-state index in [9.17, 15) is 0 Å². The van der Waals surface area contributed by atoms with Crippen LogP contribution in [0.2, 0.25) is 0 Å². The first-order valence-corrected chi connectivity index (χ1v) is 23.1. The molecule has 0 unspecified atom stereocenters. The van der Waals surface area contributed by atoms with Crippen molar-refractivity contribution in [1.82, 2.24) is 0 Å². The number of rotatable bonds is 4. The molecular weight excluding hydrogens is 780 g/mol. The summed E-state index contributed by atoms with van der Waals surface area (Å²) in [6.45, 7) is 20.4. The van der Waals surface area contributed by atoms with E-state index in [2.05, 4.69) is 206 Å². The third-order valence-corrected chi connectivity index (χ3v) is 15.2. The van der Waals surface area contributed by atoms with Crippen molar-refractivity contribution in [3.8, 4) is 11.5 Å². The van der Waals surface area contributed by atoms with Crippen molar-refractivity contribution in [2.24, 2.45) is 0 Å². The molecule has 0 bridgehead atoms. The Kier molecular flexibility index (Phi) is 8.50. The molecule has 4 heterocycles. The third-order valence-electron chi connectivity index (χ3n) is 12.8. The maximum absolute atomic E-state index is 7.21. The molecule has 0 spiro atoms. The number of hydrogen-bond donors (Lipinski definition) is 0. The molecule has 2 aromatic heterocycles. The van der Waals surface area contributed by atoms with E-state index in [0.29, 0.717) is 0 Å². The Morgan fingerprint density at radius 2 is 1.18 bits per heavy atom. The van der Waals surface area contributed by atoms with E-state index in [1.807, 2.05) is 22.7 Å². The molecular formula is C55H49BN2OS2. The molecule has 0 saturated heterocycles. The first kappa shape index (κ1) is 38.1. The molecule has 2 aliphatic rings. The minimum absolute atomic E-state index is 0.0279. The summed E-state index contributed by atoms with van der Waals surface area (Å²) in [4.78, 5) is 5.00. The normalized spacial score (nSPS) is 13.4. The predicted molar refractivity (Wildman–Crippen MR) is 267 cm³/mol. The van der Waals surface area contributed by atoms with Crippen LogP contribution in [0.3, 0.4) is 0 Å². The summed E-state index contributed by atoms with van der Waals surface area (Å²) in [6, 6.07) is 50.5. The Hall–Kier alpha value is -5.82. The highest BCUT2D eigenvalue weighted by Gasteiger charge is 2.45. The van der Waals surface area contributed by atoms with Gasteiger partial charge in [-0.3, -0.25) is 0 Å². The van der Waals surface area contributed by atoms with Gasteiger partial charge in [-0.25, -0.2) is 0 Å². The summed E-state index contributed by atoms with van der Waals surface area (Å²) in [5.41, 5.74) is 15.9. The summed E-state index contributed by atoms with van der Waals surface area (Å²) in [5, 5.41) is 3.74. The highest BCUT2D eigenvalue weighted by molar-refractivity contribution is 7.33. The molecule has 0 fully saturated rings. The average molecular weight is 829 g/mol. The standard InChI is InChI=1S/C55H49BN2OS2/c1-32-14-20-37(21-15-32)57(38-22-16-33(2)17-23-38)44-26-25-43(49-39-12-10-11-13-47(39)60-52(44)49)58-42-24-18-36(55(7,8)9)31-41(42)56-50-45(58)28-34(3)29-46(50)59-51-40-30-35(54(4,5)6)19-27-48(40)61-53(51)56/h10-31H,1-9H3. The van der Waals surface area contributed by atoms with E-state index in [1.54, 1.807) is 0 Å². The Morgan fingerprint density at radius 1 is 0.557 bits per heavy atom. The zero-order chi connectivity index (χ0) is 42.1. The van der Waals surface area contributed by atoms with Crippen LogP contribution >= 0.6 is 22.7 Å². The average Bonchev–Trinajstić information content (AvgIpc) is 3.80. The van der Waals surface area contributed by atoms with Crippen molar-refractivity contribution < 1.29 is 4.74 Å². The summed E-state index contributed by atoms with van der Waals surface area (Å²) in [6.07, 6.45) is 0. The fraction of sp³-hybridized carbons (Fsp3) is 0.200. The van der Waals surface area contributed by atoms with Crippen LogP contribution in [-0.2, 0) is 10.8 Å². The number of hydrogen-bond acceptors (Lipinski definition) is 5. The second-order valence-electron chi connectivity index (χ2n) is 19.3. The number of anilines is 6. The Morgan fingerprint density at radius 3 is 1.87 bits per heavy atom. The molecule has 0 amide bonds. The maximum atomic E-state index is 7.21. The third kappa shape index (κ3) is 6.05. The highest BCUT2D eigenvalue weighted by atomic mass is 32.1. The van der Waals surface area contributed by atoms with Gasteiger partial charge in [0.25, 0.3) is 6.71 Å². The molecule has 3 nitrogen and oxygen atoms in total. The van der Waals surface area contributed by atoms with Gasteiger partial charge < -0.3 is 14.5 Å². The van der Waals surface area contributed by atoms with Gasteiger partial charge in [-0.1, -0.05) is 113 Å². The fourth-order valence-corrected chi connectivity index (χ4v) is 12.0.